The molecule has 11 heteroatoms. The van der Waals surface area contributed by atoms with Crippen molar-refractivity contribution in [1.29, 1.82) is 0 Å². The number of likely N-dealkylation sites (N-methyl/N-ethyl adjacent to an activating group) is 1. The minimum atomic E-state index is -2.03. The molecular weight excluding hydrogens is 482 g/mol. The smallest absolute Gasteiger partial charge is 0.357 e. The van der Waals surface area contributed by atoms with Crippen LogP contribution in [0, 0.1) is 11.8 Å². The molecule has 0 fully saturated rings. The van der Waals surface area contributed by atoms with Gasteiger partial charge in [-0.15, -0.1) is 11.3 Å². The molecule has 0 saturated carbocycles. The van der Waals surface area contributed by atoms with E-state index in [1.165, 1.54) is 18.4 Å². The summed E-state index contributed by atoms with van der Waals surface area (Å²) in [5.74, 6) is -0.606. The number of ether oxygens (including phenoxy) is 1. The van der Waals surface area contributed by atoms with Crippen LogP contribution in [0.1, 0.15) is 82.9 Å². The van der Waals surface area contributed by atoms with Gasteiger partial charge in [0.1, 0.15) is 11.0 Å². The molecule has 1 rings (SSSR count). The maximum atomic E-state index is 13.4. The number of azide groups is 1. The predicted octanol–water partition coefficient (Wildman–Crippen LogP) is 6.59. The van der Waals surface area contributed by atoms with Crippen LogP contribution in [0.3, 0.4) is 0 Å². The van der Waals surface area contributed by atoms with Crippen molar-refractivity contribution >= 4 is 31.5 Å². The van der Waals surface area contributed by atoms with E-state index in [9.17, 15) is 9.59 Å². The molecule has 1 amide bonds. The second kappa shape index (κ2) is 14.6. The van der Waals surface area contributed by atoms with Crippen LogP contribution >= 0.6 is 11.3 Å². The Morgan fingerprint density at radius 2 is 1.80 bits per heavy atom. The van der Waals surface area contributed by atoms with Gasteiger partial charge >= 0.3 is 5.97 Å². The van der Waals surface area contributed by atoms with Gasteiger partial charge in [-0.3, -0.25) is 4.79 Å². The van der Waals surface area contributed by atoms with Gasteiger partial charge in [0.2, 0.25) is 5.91 Å². The number of carbonyl (C=O) groups excluding carboxylic acids is 2. The van der Waals surface area contributed by atoms with E-state index < -0.39 is 20.3 Å². The first kappa shape index (κ1) is 31.1. The summed E-state index contributed by atoms with van der Waals surface area (Å²) in [7, 11) is 1.08. The quantitative estimate of drug-likeness (QED) is 0.0841. The number of rotatable bonds is 15. The molecule has 9 nitrogen and oxygen atoms in total. The average molecular weight is 526 g/mol. The normalized spacial score (nSPS) is 15.1. The Labute approximate surface area is 215 Å². The molecule has 0 saturated heterocycles. The van der Waals surface area contributed by atoms with Gasteiger partial charge in [-0.25, -0.2) is 9.78 Å². The fraction of sp³-hybridized carbons (Fsp3) is 0.792. The molecular formula is C24H43N5O4SSi. The molecule has 0 radical (unpaired) electrons. The van der Waals surface area contributed by atoms with Crippen molar-refractivity contribution in [3.8, 4) is 0 Å². The van der Waals surface area contributed by atoms with Gasteiger partial charge in [0.15, 0.2) is 14.0 Å². The third kappa shape index (κ3) is 8.03. The lowest BCUT2D eigenvalue weighted by Crippen LogP contribution is -2.48. The fourth-order valence-electron chi connectivity index (χ4n) is 4.29. The Bertz CT molecular complexity index is 862. The minimum absolute atomic E-state index is 0.0670. The zero-order chi connectivity index (χ0) is 26.8. The topological polar surface area (TPSA) is 117 Å². The molecule has 4 atom stereocenters. The van der Waals surface area contributed by atoms with Crippen molar-refractivity contribution in [3.63, 3.8) is 0 Å². The van der Waals surface area contributed by atoms with Crippen LogP contribution in [0.25, 0.3) is 10.4 Å². The Kier molecular flexibility index (Phi) is 12.9. The molecule has 0 aliphatic heterocycles. The highest BCUT2D eigenvalue weighted by Crippen LogP contribution is 2.36. The van der Waals surface area contributed by atoms with Gasteiger partial charge in [-0.1, -0.05) is 60.0 Å². The third-order valence-corrected chi connectivity index (χ3v) is 12.8. The van der Waals surface area contributed by atoms with Gasteiger partial charge in [-0.05, 0) is 41.9 Å². The summed E-state index contributed by atoms with van der Waals surface area (Å²) in [6, 6.07) is 1.99. The van der Waals surface area contributed by atoms with Gasteiger partial charge in [-0.2, -0.15) is 0 Å². The number of methoxy groups -OCH3 is 1. The summed E-state index contributed by atoms with van der Waals surface area (Å²) in [4.78, 5) is 34.7. The molecule has 0 bridgehead atoms. The van der Waals surface area contributed by atoms with Crippen LogP contribution in [0.15, 0.2) is 10.5 Å². The molecule has 1 heterocycles. The standard InChI is InChI=1S/C24H43N5O4SSi/c1-10-17(7)21(27-28-25)23(30)29(8)19(16(5)6)14-20(33-35(11-2,12-3)13-4)22-26-18(15-34-22)24(31)32-9/h15-17,19-21H,10-14H2,1-9H3. The van der Waals surface area contributed by atoms with E-state index in [4.69, 9.17) is 14.7 Å². The molecule has 0 spiro atoms. The van der Waals surface area contributed by atoms with Crippen LogP contribution in [0.4, 0.5) is 0 Å². The Hall–Kier alpha value is -1.94. The summed E-state index contributed by atoms with van der Waals surface area (Å²) >= 11 is 1.39. The summed E-state index contributed by atoms with van der Waals surface area (Å²) in [6.07, 6.45) is 0.912. The molecule has 35 heavy (non-hydrogen) atoms. The van der Waals surface area contributed by atoms with Crippen LogP contribution in [-0.2, 0) is 14.0 Å². The number of aromatic nitrogens is 1. The monoisotopic (exact) mass is 525 g/mol. The lowest BCUT2D eigenvalue weighted by molar-refractivity contribution is -0.136. The van der Waals surface area contributed by atoms with Crippen molar-refractivity contribution < 1.29 is 18.8 Å². The van der Waals surface area contributed by atoms with Crippen molar-refractivity contribution in [2.75, 3.05) is 14.2 Å². The predicted molar refractivity (Wildman–Crippen MR) is 143 cm³/mol. The maximum absolute atomic E-state index is 13.4. The van der Waals surface area contributed by atoms with Crippen LogP contribution < -0.4 is 0 Å². The fourth-order valence-corrected chi connectivity index (χ4v) is 8.01. The SMILES string of the molecule is CCC(C)C(N=[N+]=[N-])C(=O)N(C)C(CC(O[Si](CC)(CC)CC)c1nc(C(=O)OC)cs1)C(C)C. The highest BCUT2D eigenvalue weighted by Gasteiger charge is 2.38. The summed E-state index contributed by atoms with van der Waals surface area (Å²) in [6.45, 7) is 14.6. The van der Waals surface area contributed by atoms with Crippen molar-refractivity contribution in [2.24, 2.45) is 17.0 Å². The molecule has 0 aromatic carbocycles. The van der Waals surface area contributed by atoms with Crippen LogP contribution in [0.5, 0.6) is 0 Å². The lowest BCUT2D eigenvalue weighted by atomic mass is 9.93. The maximum Gasteiger partial charge on any atom is 0.357 e. The minimum Gasteiger partial charge on any atom is -0.464 e. The molecule has 0 aliphatic rings. The number of hydrogen-bond donors (Lipinski definition) is 0. The zero-order valence-corrected chi connectivity index (χ0v) is 24.6. The molecule has 198 valence electrons. The van der Waals surface area contributed by atoms with Gasteiger partial charge in [0.05, 0.1) is 13.2 Å². The summed E-state index contributed by atoms with van der Waals surface area (Å²) < 4.78 is 11.7. The number of amides is 1. The Morgan fingerprint density at radius 3 is 2.26 bits per heavy atom. The number of nitrogens with zero attached hydrogens (tertiary/aromatic N) is 5. The number of esters is 1. The van der Waals surface area contributed by atoms with E-state index in [1.807, 2.05) is 13.8 Å². The summed E-state index contributed by atoms with van der Waals surface area (Å²) in [5, 5.41) is 6.25. The molecule has 1 aromatic heterocycles. The molecule has 1 aromatic rings. The third-order valence-electron chi connectivity index (χ3n) is 7.20. The average Bonchev–Trinajstić information content (AvgIpc) is 3.36. The zero-order valence-electron chi connectivity index (χ0n) is 22.8. The first-order valence-corrected chi connectivity index (χ1v) is 16.0. The molecule has 0 N–H and O–H groups in total. The molecule has 0 aliphatic carbocycles. The van der Waals surface area contributed by atoms with Crippen molar-refractivity contribution in [1.82, 2.24) is 9.88 Å². The lowest BCUT2D eigenvalue weighted by Gasteiger charge is -2.38. The highest BCUT2D eigenvalue weighted by atomic mass is 32.1. The second-order valence-corrected chi connectivity index (χ2v) is 15.1. The first-order valence-electron chi connectivity index (χ1n) is 12.6. The van der Waals surface area contributed by atoms with E-state index in [0.29, 0.717) is 6.42 Å². The first-order chi connectivity index (χ1) is 16.5. The van der Waals surface area contributed by atoms with Crippen molar-refractivity contribution in [2.45, 2.75) is 97.6 Å². The van der Waals surface area contributed by atoms with Gasteiger partial charge in [0.25, 0.3) is 0 Å². The molecule has 4 unspecified atom stereocenters. The van der Waals surface area contributed by atoms with E-state index in [1.54, 1.807) is 17.3 Å². The number of thiazole rings is 1. The van der Waals surface area contributed by atoms with E-state index in [-0.39, 0.29) is 35.6 Å². The van der Waals surface area contributed by atoms with Gasteiger partial charge in [0, 0.05) is 23.4 Å². The van der Waals surface area contributed by atoms with Crippen LogP contribution in [-0.4, -0.2) is 56.3 Å². The second-order valence-electron chi connectivity index (χ2n) is 9.44. The van der Waals surface area contributed by atoms with E-state index >= 15 is 0 Å². The van der Waals surface area contributed by atoms with Crippen LogP contribution in [0.2, 0.25) is 18.1 Å². The van der Waals surface area contributed by atoms with Gasteiger partial charge < -0.3 is 14.1 Å². The number of carbonyl (C=O) groups is 2. The Balaban J connectivity index is 3.41. The van der Waals surface area contributed by atoms with E-state index in [2.05, 4.69) is 49.6 Å². The summed E-state index contributed by atoms with van der Waals surface area (Å²) in [5.41, 5.74) is 9.32. The van der Waals surface area contributed by atoms with E-state index in [0.717, 1.165) is 29.6 Å². The largest absolute Gasteiger partial charge is 0.464 e. The van der Waals surface area contributed by atoms with Crippen molar-refractivity contribution in [3.05, 3.63) is 26.5 Å². The Morgan fingerprint density at radius 1 is 1.20 bits per heavy atom. The number of hydrogen-bond acceptors (Lipinski definition) is 7. The highest BCUT2D eigenvalue weighted by molar-refractivity contribution is 7.09.